The first-order chi connectivity index (χ1) is 10.3. The molecular formula is C18H21N3. The van der Waals surface area contributed by atoms with Gasteiger partial charge in [0.15, 0.2) is 0 Å². The molecule has 2 aliphatic rings. The molecular weight excluding hydrogens is 258 g/mol. The maximum absolute atomic E-state index is 4.20. The maximum Gasteiger partial charge on any atom is 0.0457 e. The third-order valence-corrected chi connectivity index (χ3v) is 4.92. The fraction of sp³-hybridized carbons (Fsp3) is 0.389. The molecule has 0 amide bonds. The number of hydrogen-bond donors (Lipinski definition) is 0. The largest absolute Gasteiger partial charge is 0.367 e. The van der Waals surface area contributed by atoms with E-state index in [2.05, 4.69) is 52.2 Å². The fourth-order valence-corrected chi connectivity index (χ4v) is 3.87. The predicted molar refractivity (Wildman–Crippen MR) is 86.4 cm³/mol. The third kappa shape index (κ3) is 2.32. The number of nitrogens with zero attached hydrogens (tertiary/aromatic N) is 3. The number of likely N-dealkylation sites (N-methyl/N-ethyl adjacent to an activating group) is 1. The first-order valence-corrected chi connectivity index (χ1v) is 7.77. The SMILES string of the molecule is CN1C[C@H]2CCN(c3ccc(-c4cccnc4)cc3)[C@H]2C1. The number of benzene rings is 1. The summed E-state index contributed by atoms with van der Waals surface area (Å²) in [5.41, 5.74) is 3.79. The Kier molecular flexibility index (Phi) is 3.15. The Morgan fingerprint density at radius 3 is 2.67 bits per heavy atom. The van der Waals surface area contributed by atoms with Gasteiger partial charge >= 0.3 is 0 Å². The van der Waals surface area contributed by atoms with Gasteiger partial charge in [-0.05, 0) is 48.7 Å². The van der Waals surface area contributed by atoms with Crippen LogP contribution in [0.15, 0.2) is 48.8 Å². The van der Waals surface area contributed by atoms with Crippen LogP contribution in [-0.2, 0) is 0 Å². The van der Waals surface area contributed by atoms with Crippen molar-refractivity contribution in [3.05, 3.63) is 48.8 Å². The van der Waals surface area contributed by atoms with Crippen molar-refractivity contribution in [1.82, 2.24) is 9.88 Å². The monoisotopic (exact) mass is 279 g/mol. The summed E-state index contributed by atoms with van der Waals surface area (Å²) in [5.74, 6) is 0.855. The second kappa shape index (κ2) is 5.15. The van der Waals surface area contributed by atoms with Gasteiger partial charge in [-0.15, -0.1) is 0 Å². The number of likely N-dealkylation sites (tertiary alicyclic amines) is 1. The second-order valence-corrected chi connectivity index (χ2v) is 6.32. The van der Waals surface area contributed by atoms with Crippen LogP contribution in [0, 0.1) is 5.92 Å². The summed E-state index contributed by atoms with van der Waals surface area (Å²) in [4.78, 5) is 9.26. The summed E-state index contributed by atoms with van der Waals surface area (Å²) in [6, 6.07) is 13.8. The van der Waals surface area contributed by atoms with Crippen LogP contribution >= 0.6 is 0 Å². The molecule has 21 heavy (non-hydrogen) atoms. The summed E-state index contributed by atoms with van der Waals surface area (Å²) < 4.78 is 0. The quantitative estimate of drug-likeness (QED) is 0.842. The highest BCUT2D eigenvalue weighted by atomic mass is 15.3. The Morgan fingerprint density at radius 2 is 1.90 bits per heavy atom. The van der Waals surface area contributed by atoms with E-state index in [9.17, 15) is 0 Å². The number of anilines is 1. The van der Waals surface area contributed by atoms with E-state index in [-0.39, 0.29) is 0 Å². The van der Waals surface area contributed by atoms with Crippen molar-refractivity contribution >= 4 is 5.69 Å². The Balaban J connectivity index is 1.57. The number of aromatic nitrogens is 1. The molecule has 3 heterocycles. The molecule has 108 valence electrons. The smallest absolute Gasteiger partial charge is 0.0457 e. The summed E-state index contributed by atoms with van der Waals surface area (Å²) >= 11 is 0. The molecule has 0 saturated carbocycles. The van der Waals surface area contributed by atoms with Gasteiger partial charge in [0.25, 0.3) is 0 Å². The minimum absolute atomic E-state index is 0.708. The molecule has 3 nitrogen and oxygen atoms in total. The molecule has 1 aromatic carbocycles. The molecule has 0 aliphatic carbocycles. The van der Waals surface area contributed by atoms with E-state index in [1.807, 2.05) is 18.5 Å². The zero-order valence-electron chi connectivity index (χ0n) is 12.4. The van der Waals surface area contributed by atoms with Gasteiger partial charge in [-0.2, -0.15) is 0 Å². The summed E-state index contributed by atoms with van der Waals surface area (Å²) in [6.45, 7) is 3.67. The molecule has 1 aromatic heterocycles. The van der Waals surface area contributed by atoms with Crippen LogP contribution in [0.1, 0.15) is 6.42 Å². The van der Waals surface area contributed by atoms with Crippen LogP contribution in [0.5, 0.6) is 0 Å². The predicted octanol–water partition coefficient (Wildman–Crippen LogP) is 2.89. The summed E-state index contributed by atoms with van der Waals surface area (Å²) in [5, 5.41) is 0. The topological polar surface area (TPSA) is 19.4 Å². The third-order valence-electron chi connectivity index (χ3n) is 4.92. The highest BCUT2D eigenvalue weighted by Gasteiger charge is 2.39. The van der Waals surface area contributed by atoms with Crippen LogP contribution in [0.25, 0.3) is 11.1 Å². The zero-order valence-corrected chi connectivity index (χ0v) is 12.4. The first-order valence-electron chi connectivity index (χ1n) is 7.77. The van der Waals surface area contributed by atoms with Crippen LogP contribution in [0.3, 0.4) is 0 Å². The standard InChI is InChI=1S/C18H21N3/c1-20-12-16-8-10-21(18(16)13-20)17-6-4-14(5-7-17)15-3-2-9-19-11-15/h2-7,9,11,16,18H,8,10,12-13H2,1H3/t16-,18+/m1/s1. The first kappa shape index (κ1) is 12.8. The molecule has 2 aromatic rings. The molecule has 2 atom stereocenters. The fourth-order valence-electron chi connectivity index (χ4n) is 3.87. The van der Waals surface area contributed by atoms with Crippen LogP contribution in [0.4, 0.5) is 5.69 Å². The Bertz CT molecular complexity index is 608. The molecule has 0 unspecified atom stereocenters. The van der Waals surface area contributed by atoms with Crippen molar-refractivity contribution in [3.8, 4) is 11.1 Å². The average Bonchev–Trinajstić information content (AvgIpc) is 3.07. The lowest BCUT2D eigenvalue weighted by Crippen LogP contribution is -2.34. The van der Waals surface area contributed by atoms with E-state index in [0.717, 1.165) is 5.92 Å². The highest BCUT2D eigenvalue weighted by Crippen LogP contribution is 2.35. The van der Waals surface area contributed by atoms with Crippen LogP contribution in [0.2, 0.25) is 0 Å². The van der Waals surface area contributed by atoms with E-state index in [1.54, 1.807) is 0 Å². The van der Waals surface area contributed by atoms with Gasteiger partial charge in [0.2, 0.25) is 0 Å². The van der Waals surface area contributed by atoms with Crippen molar-refractivity contribution in [2.24, 2.45) is 5.92 Å². The van der Waals surface area contributed by atoms with Gasteiger partial charge in [-0.1, -0.05) is 18.2 Å². The van der Waals surface area contributed by atoms with Crippen molar-refractivity contribution in [2.75, 3.05) is 31.6 Å². The van der Waals surface area contributed by atoms with Gasteiger partial charge in [-0.25, -0.2) is 0 Å². The normalized spacial score (nSPS) is 25.3. The molecule has 0 spiro atoms. The molecule has 4 rings (SSSR count). The Morgan fingerprint density at radius 1 is 1.05 bits per heavy atom. The molecule has 3 heteroatoms. The van der Waals surface area contributed by atoms with Gasteiger partial charge in [-0.3, -0.25) is 4.98 Å². The van der Waals surface area contributed by atoms with E-state index >= 15 is 0 Å². The Hall–Kier alpha value is -1.87. The van der Waals surface area contributed by atoms with Gasteiger partial charge in [0.05, 0.1) is 0 Å². The zero-order chi connectivity index (χ0) is 14.2. The van der Waals surface area contributed by atoms with E-state index in [0.29, 0.717) is 6.04 Å². The number of pyridine rings is 1. The second-order valence-electron chi connectivity index (χ2n) is 6.32. The Labute approximate surface area is 126 Å². The summed E-state index contributed by atoms with van der Waals surface area (Å²) in [6.07, 6.45) is 5.07. The molecule has 0 bridgehead atoms. The van der Waals surface area contributed by atoms with Crippen LogP contribution in [-0.4, -0.2) is 42.6 Å². The van der Waals surface area contributed by atoms with Crippen molar-refractivity contribution in [1.29, 1.82) is 0 Å². The van der Waals surface area contributed by atoms with E-state index in [1.165, 1.54) is 42.9 Å². The number of rotatable bonds is 2. The average molecular weight is 279 g/mol. The van der Waals surface area contributed by atoms with Gasteiger partial charge < -0.3 is 9.80 Å². The molecule has 0 radical (unpaired) electrons. The lowest BCUT2D eigenvalue weighted by molar-refractivity contribution is 0.386. The van der Waals surface area contributed by atoms with Gasteiger partial charge in [0, 0.05) is 43.8 Å². The lowest BCUT2D eigenvalue weighted by atomic mass is 10.0. The summed E-state index contributed by atoms with van der Waals surface area (Å²) in [7, 11) is 2.24. The highest BCUT2D eigenvalue weighted by molar-refractivity contribution is 5.65. The minimum Gasteiger partial charge on any atom is -0.367 e. The number of hydrogen-bond acceptors (Lipinski definition) is 3. The number of fused-ring (bicyclic) bond motifs is 1. The molecule has 2 aliphatic heterocycles. The van der Waals surface area contributed by atoms with Crippen molar-refractivity contribution in [3.63, 3.8) is 0 Å². The molecule has 2 fully saturated rings. The van der Waals surface area contributed by atoms with E-state index < -0.39 is 0 Å². The lowest BCUT2D eigenvalue weighted by Gasteiger charge is -2.26. The van der Waals surface area contributed by atoms with Crippen molar-refractivity contribution < 1.29 is 0 Å². The minimum atomic E-state index is 0.708. The van der Waals surface area contributed by atoms with Crippen LogP contribution < -0.4 is 4.90 Å². The molecule has 2 saturated heterocycles. The van der Waals surface area contributed by atoms with E-state index in [4.69, 9.17) is 0 Å². The van der Waals surface area contributed by atoms with Crippen molar-refractivity contribution in [2.45, 2.75) is 12.5 Å². The van der Waals surface area contributed by atoms with Gasteiger partial charge in [0.1, 0.15) is 0 Å². The maximum atomic E-state index is 4.20. The molecule has 0 N–H and O–H groups in total.